The number of amides is 3. The zero-order valence-corrected chi connectivity index (χ0v) is 8.82. The minimum atomic E-state index is -0.888. The summed E-state index contributed by atoms with van der Waals surface area (Å²) in [5.74, 6) is -2.57. The lowest BCUT2D eigenvalue weighted by atomic mass is 10.1. The largest absolute Gasteiger partial charge is 0.370 e. The third-order valence-electron chi connectivity index (χ3n) is 2.27. The Hall–Kier alpha value is -1.72. The number of nitrogens with one attached hydrogen (secondary N) is 1. The van der Waals surface area contributed by atoms with Crippen molar-refractivity contribution >= 4 is 23.5 Å². The van der Waals surface area contributed by atoms with Gasteiger partial charge in [-0.2, -0.15) is 0 Å². The summed E-state index contributed by atoms with van der Waals surface area (Å²) in [7, 11) is 0. The molecule has 3 amide bonds. The molecular weight excluding hydrogens is 212 g/mol. The van der Waals surface area contributed by atoms with Gasteiger partial charge in [-0.15, -0.1) is 0 Å². The molecule has 16 heavy (non-hydrogen) atoms. The highest BCUT2D eigenvalue weighted by molar-refractivity contribution is 6.38. The van der Waals surface area contributed by atoms with Crippen molar-refractivity contribution < 1.29 is 19.2 Å². The minimum absolute atomic E-state index is 0.0628. The summed E-state index contributed by atoms with van der Waals surface area (Å²) in [6, 6.07) is 0. The molecule has 0 spiro atoms. The number of carbonyl (C=O) groups excluding carboxylic acids is 4. The number of rotatable bonds is 6. The topological polar surface area (TPSA) is 106 Å². The van der Waals surface area contributed by atoms with Gasteiger partial charge in [-0.05, 0) is 19.3 Å². The first kappa shape index (κ1) is 12.4. The number of hydrogen-bond donors (Lipinski definition) is 2. The Morgan fingerprint density at radius 2 is 1.75 bits per heavy atom. The van der Waals surface area contributed by atoms with Crippen LogP contribution in [0.25, 0.3) is 0 Å². The third-order valence-corrected chi connectivity index (χ3v) is 2.27. The van der Waals surface area contributed by atoms with Crippen LogP contribution in [0.4, 0.5) is 0 Å². The normalized spacial score (nSPS) is 14.2. The summed E-state index contributed by atoms with van der Waals surface area (Å²) in [6.45, 7) is 0. The molecule has 1 saturated carbocycles. The molecule has 1 fully saturated rings. The lowest BCUT2D eigenvalue weighted by Gasteiger charge is -2.01. The molecule has 1 aliphatic carbocycles. The molecule has 0 aromatic carbocycles. The van der Waals surface area contributed by atoms with E-state index in [2.05, 4.69) is 0 Å². The Bertz CT molecular complexity index is 334. The summed E-state index contributed by atoms with van der Waals surface area (Å²) >= 11 is 0. The highest BCUT2D eigenvalue weighted by Crippen LogP contribution is 2.28. The second-order valence-corrected chi connectivity index (χ2v) is 3.84. The zero-order valence-electron chi connectivity index (χ0n) is 8.82. The van der Waals surface area contributed by atoms with Crippen LogP contribution < -0.4 is 11.1 Å². The summed E-state index contributed by atoms with van der Waals surface area (Å²) in [5, 5.41) is 2.04. The fraction of sp³-hybridized carbons (Fsp3) is 0.600. The van der Waals surface area contributed by atoms with Gasteiger partial charge in [-0.3, -0.25) is 24.5 Å². The third kappa shape index (κ3) is 4.20. The molecule has 6 heteroatoms. The second kappa shape index (κ2) is 5.39. The van der Waals surface area contributed by atoms with Crippen LogP contribution in [0, 0.1) is 5.92 Å². The molecule has 88 valence electrons. The van der Waals surface area contributed by atoms with E-state index in [4.69, 9.17) is 5.73 Å². The van der Waals surface area contributed by atoms with Crippen LogP contribution in [0.3, 0.4) is 0 Å². The fourth-order valence-corrected chi connectivity index (χ4v) is 1.17. The summed E-state index contributed by atoms with van der Waals surface area (Å²) < 4.78 is 0. The number of carbonyl (C=O) groups is 4. The number of nitrogens with two attached hydrogens (primary N) is 1. The van der Waals surface area contributed by atoms with Crippen LogP contribution in [0.2, 0.25) is 0 Å². The maximum atomic E-state index is 11.2. The molecule has 1 aliphatic rings. The van der Waals surface area contributed by atoms with Crippen molar-refractivity contribution in [2.75, 3.05) is 0 Å². The van der Waals surface area contributed by atoms with Crippen LogP contribution in [0.15, 0.2) is 0 Å². The molecule has 6 nitrogen and oxygen atoms in total. The molecule has 0 heterocycles. The number of Topliss-reactive ketones (excluding diaryl/α,β-unsaturated/α-hetero) is 1. The van der Waals surface area contributed by atoms with Crippen molar-refractivity contribution in [2.24, 2.45) is 11.7 Å². The Kier molecular flexibility index (Phi) is 4.16. The van der Waals surface area contributed by atoms with Crippen LogP contribution in [-0.4, -0.2) is 23.5 Å². The second-order valence-electron chi connectivity index (χ2n) is 3.84. The first-order valence-corrected chi connectivity index (χ1v) is 5.17. The van der Waals surface area contributed by atoms with Gasteiger partial charge in [0, 0.05) is 18.8 Å². The van der Waals surface area contributed by atoms with E-state index in [9.17, 15) is 19.2 Å². The molecule has 0 aliphatic heterocycles. The highest BCUT2D eigenvalue weighted by Gasteiger charge is 2.31. The zero-order chi connectivity index (χ0) is 12.1. The van der Waals surface area contributed by atoms with Gasteiger partial charge in [0.1, 0.15) is 0 Å². The minimum Gasteiger partial charge on any atom is -0.370 e. The molecule has 0 saturated heterocycles. The quantitative estimate of drug-likeness (QED) is 0.582. The molecular formula is C10H14N2O4. The molecule has 3 N–H and O–H groups in total. The summed E-state index contributed by atoms with van der Waals surface area (Å²) in [5.41, 5.74) is 4.88. The number of imide groups is 1. The molecule has 0 aromatic rings. The van der Waals surface area contributed by atoms with Gasteiger partial charge in [0.2, 0.25) is 17.6 Å². The standard InChI is InChI=1S/C10H14N2O4/c11-8(14)3-1-2-7(13)10(16)12-9(15)6-4-5-6/h6H,1-5H2,(H2,11,14)(H,12,15,16). The van der Waals surface area contributed by atoms with E-state index >= 15 is 0 Å². The van der Waals surface area contributed by atoms with Crippen LogP contribution in [-0.2, 0) is 19.2 Å². The maximum Gasteiger partial charge on any atom is 0.293 e. The number of primary amides is 1. The summed E-state index contributed by atoms with van der Waals surface area (Å²) in [6.07, 6.45) is 1.78. The van der Waals surface area contributed by atoms with Crippen LogP contribution in [0.5, 0.6) is 0 Å². The Morgan fingerprint density at radius 1 is 1.12 bits per heavy atom. The van der Waals surface area contributed by atoms with E-state index < -0.39 is 17.6 Å². The fourth-order valence-electron chi connectivity index (χ4n) is 1.17. The van der Waals surface area contributed by atoms with Crippen LogP contribution in [0.1, 0.15) is 32.1 Å². The molecule has 0 atom stereocenters. The molecule has 0 bridgehead atoms. The van der Waals surface area contributed by atoms with E-state index in [0.29, 0.717) is 0 Å². The number of ketones is 1. The smallest absolute Gasteiger partial charge is 0.293 e. The van der Waals surface area contributed by atoms with Gasteiger partial charge in [-0.25, -0.2) is 0 Å². The van der Waals surface area contributed by atoms with Gasteiger partial charge < -0.3 is 5.73 Å². The average molecular weight is 226 g/mol. The average Bonchev–Trinajstić information content (AvgIpc) is 2.99. The van der Waals surface area contributed by atoms with E-state index in [-0.39, 0.29) is 31.1 Å². The van der Waals surface area contributed by atoms with Gasteiger partial charge in [-0.1, -0.05) is 0 Å². The molecule has 1 rings (SSSR count). The Morgan fingerprint density at radius 3 is 2.25 bits per heavy atom. The Labute approximate surface area is 92.6 Å². The lowest BCUT2D eigenvalue weighted by Crippen LogP contribution is -2.36. The van der Waals surface area contributed by atoms with Crippen molar-refractivity contribution in [3.63, 3.8) is 0 Å². The van der Waals surface area contributed by atoms with Crippen LogP contribution >= 0.6 is 0 Å². The molecule has 0 radical (unpaired) electrons. The number of hydrogen-bond acceptors (Lipinski definition) is 4. The van der Waals surface area contributed by atoms with Crippen molar-refractivity contribution in [1.82, 2.24) is 5.32 Å². The highest BCUT2D eigenvalue weighted by atomic mass is 16.2. The van der Waals surface area contributed by atoms with E-state index in [0.717, 1.165) is 12.8 Å². The van der Waals surface area contributed by atoms with Crippen molar-refractivity contribution in [1.29, 1.82) is 0 Å². The van der Waals surface area contributed by atoms with E-state index in [1.807, 2.05) is 5.32 Å². The summed E-state index contributed by atoms with van der Waals surface area (Å²) in [4.78, 5) is 43.9. The van der Waals surface area contributed by atoms with E-state index in [1.54, 1.807) is 0 Å². The predicted octanol–water partition coefficient (Wildman–Crippen LogP) is -0.736. The predicted molar refractivity (Wildman–Crippen MR) is 53.9 cm³/mol. The lowest BCUT2D eigenvalue weighted by molar-refractivity contribution is -0.141. The maximum absolute atomic E-state index is 11.2. The van der Waals surface area contributed by atoms with Gasteiger partial charge in [0.05, 0.1) is 0 Å². The first-order chi connectivity index (χ1) is 7.50. The Balaban J connectivity index is 2.21. The van der Waals surface area contributed by atoms with Gasteiger partial charge in [0.15, 0.2) is 0 Å². The molecule has 0 aromatic heterocycles. The van der Waals surface area contributed by atoms with E-state index in [1.165, 1.54) is 0 Å². The monoisotopic (exact) mass is 226 g/mol. The first-order valence-electron chi connectivity index (χ1n) is 5.17. The SMILES string of the molecule is NC(=O)CCCC(=O)C(=O)NC(=O)C1CC1. The van der Waals surface area contributed by atoms with Crippen molar-refractivity contribution in [3.8, 4) is 0 Å². The van der Waals surface area contributed by atoms with Crippen molar-refractivity contribution in [2.45, 2.75) is 32.1 Å². The molecule has 0 unspecified atom stereocenters. The van der Waals surface area contributed by atoms with Crippen molar-refractivity contribution in [3.05, 3.63) is 0 Å². The van der Waals surface area contributed by atoms with Gasteiger partial charge in [0.25, 0.3) is 5.91 Å². The van der Waals surface area contributed by atoms with Gasteiger partial charge >= 0.3 is 0 Å².